The average Bonchev–Trinajstić information content (AvgIpc) is 2.47. The summed E-state index contributed by atoms with van der Waals surface area (Å²) in [5.41, 5.74) is 0.576. The van der Waals surface area contributed by atoms with Gasteiger partial charge in [0.05, 0.1) is 0 Å². The van der Waals surface area contributed by atoms with Crippen molar-refractivity contribution in [3.05, 3.63) is 29.6 Å². The number of alkyl halides is 1. The van der Waals surface area contributed by atoms with E-state index in [-0.39, 0.29) is 16.8 Å². The molecule has 20 heavy (non-hydrogen) atoms. The van der Waals surface area contributed by atoms with Gasteiger partial charge in [-0.05, 0) is 30.5 Å². The maximum atomic E-state index is 13.9. The Morgan fingerprint density at radius 2 is 2.05 bits per heavy atom. The van der Waals surface area contributed by atoms with Crippen LogP contribution in [0, 0.1) is 5.82 Å². The van der Waals surface area contributed by atoms with Gasteiger partial charge < -0.3 is 4.74 Å². The third-order valence-electron chi connectivity index (χ3n) is 3.51. The summed E-state index contributed by atoms with van der Waals surface area (Å²) in [4.78, 5) is -0.315. The maximum Gasteiger partial charge on any atom is 0.245 e. The van der Waals surface area contributed by atoms with Crippen LogP contribution >= 0.6 is 11.6 Å². The second kappa shape index (κ2) is 6.39. The highest BCUT2D eigenvalue weighted by Gasteiger charge is 2.31. The number of ether oxygens (including phenoxy) is 1. The summed E-state index contributed by atoms with van der Waals surface area (Å²) >= 11 is 5.68. The molecular weight excluding hydrogens is 305 g/mol. The molecular formula is C13H17ClFNO3S. The van der Waals surface area contributed by atoms with Gasteiger partial charge in [0.25, 0.3) is 0 Å². The molecule has 1 saturated heterocycles. The number of benzene rings is 1. The highest BCUT2D eigenvalue weighted by molar-refractivity contribution is 7.89. The molecule has 2 rings (SSSR count). The molecule has 0 amide bonds. The average molecular weight is 322 g/mol. The molecule has 1 aromatic rings. The van der Waals surface area contributed by atoms with Crippen LogP contribution in [-0.4, -0.2) is 39.0 Å². The van der Waals surface area contributed by atoms with Gasteiger partial charge in [-0.25, -0.2) is 12.8 Å². The van der Waals surface area contributed by atoms with E-state index < -0.39 is 15.8 Å². The Morgan fingerprint density at radius 3 is 2.65 bits per heavy atom. The fourth-order valence-corrected chi connectivity index (χ4v) is 3.92. The molecule has 0 radical (unpaired) electrons. The molecule has 4 nitrogen and oxygen atoms in total. The summed E-state index contributed by atoms with van der Waals surface area (Å²) < 4.78 is 45.4. The summed E-state index contributed by atoms with van der Waals surface area (Å²) in [6, 6.07) is 3.76. The number of rotatable bonds is 4. The summed E-state index contributed by atoms with van der Waals surface area (Å²) in [6.45, 7) is 1.05. The molecule has 0 aromatic heterocycles. The fourth-order valence-electron chi connectivity index (χ4n) is 2.23. The molecule has 1 heterocycles. The van der Waals surface area contributed by atoms with E-state index in [1.54, 1.807) is 0 Å². The zero-order valence-corrected chi connectivity index (χ0v) is 12.8. The summed E-state index contributed by atoms with van der Waals surface area (Å²) in [6.07, 6.45) is 1.24. The Hall–Kier alpha value is -0.690. The van der Waals surface area contributed by atoms with Crippen molar-refractivity contribution < 1.29 is 17.5 Å². The number of nitrogens with zero attached hydrogens (tertiary/aromatic N) is 1. The quantitative estimate of drug-likeness (QED) is 0.800. The van der Waals surface area contributed by atoms with Crippen molar-refractivity contribution in [1.82, 2.24) is 4.31 Å². The number of halogens is 2. The van der Waals surface area contributed by atoms with Crippen molar-refractivity contribution in [2.45, 2.75) is 29.7 Å². The summed E-state index contributed by atoms with van der Waals surface area (Å²) in [5.74, 6) is -0.609. The summed E-state index contributed by atoms with van der Waals surface area (Å²) in [5, 5.41) is 0. The molecule has 0 spiro atoms. The van der Waals surface area contributed by atoms with Crippen LogP contribution in [0.15, 0.2) is 23.1 Å². The van der Waals surface area contributed by atoms with E-state index in [1.807, 2.05) is 0 Å². The lowest BCUT2D eigenvalue weighted by atomic mass is 10.1. The van der Waals surface area contributed by atoms with E-state index in [4.69, 9.17) is 16.3 Å². The first-order valence-electron chi connectivity index (χ1n) is 6.37. The van der Waals surface area contributed by atoms with E-state index in [9.17, 15) is 12.8 Å². The van der Waals surface area contributed by atoms with E-state index in [0.717, 1.165) is 6.07 Å². The van der Waals surface area contributed by atoms with E-state index in [2.05, 4.69) is 0 Å². The number of hydrogen-bond acceptors (Lipinski definition) is 3. The van der Waals surface area contributed by atoms with E-state index in [0.29, 0.717) is 31.6 Å². The molecule has 1 fully saturated rings. The van der Waals surface area contributed by atoms with Gasteiger partial charge in [-0.2, -0.15) is 4.31 Å². The molecule has 0 saturated carbocycles. The van der Waals surface area contributed by atoms with Crippen molar-refractivity contribution in [2.24, 2.45) is 0 Å². The molecule has 0 aliphatic carbocycles. The third kappa shape index (κ3) is 3.14. The Kier molecular flexibility index (Phi) is 5.01. The van der Waals surface area contributed by atoms with Crippen LogP contribution < -0.4 is 0 Å². The highest BCUT2D eigenvalue weighted by Crippen LogP contribution is 2.25. The zero-order chi connectivity index (χ0) is 14.8. The highest BCUT2D eigenvalue weighted by atomic mass is 35.5. The SMILES string of the molecule is CN(C1CCOCC1)S(=O)(=O)c1cc(CCl)ccc1F. The molecule has 1 aliphatic rings. The molecule has 0 bridgehead atoms. The topological polar surface area (TPSA) is 46.6 Å². The molecule has 7 heteroatoms. The monoisotopic (exact) mass is 321 g/mol. The third-order valence-corrected chi connectivity index (χ3v) is 5.75. The Bertz CT molecular complexity index is 573. The fraction of sp³-hybridized carbons (Fsp3) is 0.538. The minimum absolute atomic E-state index is 0.143. The van der Waals surface area contributed by atoms with Crippen LogP contribution in [0.4, 0.5) is 4.39 Å². The normalized spacial score (nSPS) is 17.6. The Balaban J connectivity index is 2.33. The van der Waals surface area contributed by atoms with Crippen molar-refractivity contribution in [3.8, 4) is 0 Å². The summed E-state index contributed by atoms with van der Waals surface area (Å²) in [7, 11) is -2.37. The van der Waals surface area contributed by atoms with E-state index in [1.165, 1.54) is 23.5 Å². The van der Waals surface area contributed by atoms with Crippen LogP contribution in [-0.2, 0) is 20.6 Å². The minimum Gasteiger partial charge on any atom is -0.381 e. The predicted molar refractivity (Wildman–Crippen MR) is 74.7 cm³/mol. The van der Waals surface area contributed by atoms with Gasteiger partial charge in [-0.3, -0.25) is 0 Å². The first-order chi connectivity index (χ1) is 9.46. The van der Waals surface area contributed by atoms with Crippen LogP contribution in [0.3, 0.4) is 0 Å². The molecule has 112 valence electrons. The molecule has 0 N–H and O–H groups in total. The van der Waals surface area contributed by atoms with E-state index >= 15 is 0 Å². The lowest BCUT2D eigenvalue weighted by Gasteiger charge is -2.30. The van der Waals surface area contributed by atoms with Crippen molar-refractivity contribution in [3.63, 3.8) is 0 Å². The molecule has 0 unspecified atom stereocenters. The molecule has 1 aromatic carbocycles. The predicted octanol–water partition coefficient (Wildman–Crippen LogP) is 2.36. The van der Waals surface area contributed by atoms with Crippen LogP contribution in [0.25, 0.3) is 0 Å². The molecule has 1 aliphatic heterocycles. The smallest absolute Gasteiger partial charge is 0.245 e. The zero-order valence-electron chi connectivity index (χ0n) is 11.2. The van der Waals surface area contributed by atoms with Gasteiger partial charge in [0.1, 0.15) is 10.7 Å². The van der Waals surface area contributed by atoms with Gasteiger partial charge in [0, 0.05) is 32.2 Å². The van der Waals surface area contributed by atoms with Crippen LogP contribution in [0.1, 0.15) is 18.4 Å². The number of hydrogen-bond donors (Lipinski definition) is 0. The lowest BCUT2D eigenvalue weighted by Crippen LogP contribution is -2.40. The van der Waals surface area contributed by atoms with Gasteiger partial charge >= 0.3 is 0 Å². The van der Waals surface area contributed by atoms with Crippen molar-refractivity contribution in [1.29, 1.82) is 0 Å². The second-order valence-corrected chi connectivity index (χ2v) is 7.00. The van der Waals surface area contributed by atoms with Gasteiger partial charge in [-0.15, -0.1) is 11.6 Å². The van der Waals surface area contributed by atoms with Gasteiger partial charge in [-0.1, -0.05) is 6.07 Å². The van der Waals surface area contributed by atoms with Crippen molar-refractivity contribution >= 4 is 21.6 Å². The van der Waals surface area contributed by atoms with Crippen molar-refractivity contribution in [2.75, 3.05) is 20.3 Å². The van der Waals surface area contributed by atoms with Gasteiger partial charge in [0.2, 0.25) is 10.0 Å². The first kappa shape index (κ1) is 15.7. The standard InChI is InChI=1S/C13H17ClFNO3S/c1-16(11-4-6-19-7-5-11)20(17,18)13-8-10(9-14)2-3-12(13)15/h2-3,8,11H,4-7,9H2,1H3. The molecule has 0 atom stereocenters. The number of sulfonamides is 1. The van der Waals surface area contributed by atoms with Crippen LogP contribution in [0.5, 0.6) is 0 Å². The maximum absolute atomic E-state index is 13.9. The second-order valence-electron chi connectivity index (χ2n) is 4.76. The van der Waals surface area contributed by atoms with Gasteiger partial charge in [0.15, 0.2) is 0 Å². The minimum atomic E-state index is -3.86. The first-order valence-corrected chi connectivity index (χ1v) is 8.34. The van der Waals surface area contributed by atoms with Crippen LogP contribution in [0.2, 0.25) is 0 Å². The largest absolute Gasteiger partial charge is 0.381 e. The Labute approximate surface area is 123 Å². The lowest BCUT2D eigenvalue weighted by molar-refractivity contribution is 0.0631. The Morgan fingerprint density at radius 1 is 1.40 bits per heavy atom.